The van der Waals surface area contributed by atoms with E-state index in [4.69, 9.17) is 0 Å². The Morgan fingerprint density at radius 2 is 2.00 bits per heavy atom. The molecule has 11 heavy (non-hydrogen) atoms. The third-order valence-electron chi connectivity index (χ3n) is 2.38. The Bertz CT molecular complexity index is 198. The van der Waals surface area contributed by atoms with Gasteiger partial charge in [-0.15, -0.1) is 0 Å². The van der Waals surface area contributed by atoms with E-state index in [2.05, 4.69) is 16.9 Å². The summed E-state index contributed by atoms with van der Waals surface area (Å²) in [6.45, 7) is 0. The van der Waals surface area contributed by atoms with Crippen LogP contribution in [0.4, 0.5) is 4.79 Å². The van der Waals surface area contributed by atoms with Gasteiger partial charge in [-0.1, -0.05) is 12.2 Å². The van der Waals surface area contributed by atoms with E-state index in [0.29, 0.717) is 12.1 Å². The number of rotatable bonds is 0. The summed E-state index contributed by atoms with van der Waals surface area (Å²) in [4.78, 5) is 12.8. The first-order valence-corrected chi connectivity index (χ1v) is 3.86. The zero-order valence-electron chi connectivity index (χ0n) is 6.49. The quantitative estimate of drug-likeness (QED) is 0.386. The van der Waals surface area contributed by atoms with Gasteiger partial charge in [0.15, 0.2) is 0 Å². The lowest BCUT2D eigenvalue weighted by molar-refractivity contribution is 0.150. The number of nitrogens with zero attached hydrogens (tertiary/aromatic N) is 1. The molecule has 1 aliphatic heterocycles. The molecule has 0 N–H and O–H groups in total. The van der Waals surface area contributed by atoms with Crippen molar-refractivity contribution in [2.45, 2.75) is 24.9 Å². The van der Waals surface area contributed by atoms with Gasteiger partial charge >= 0.3 is 6.09 Å². The van der Waals surface area contributed by atoms with Crippen LogP contribution in [0.1, 0.15) is 12.8 Å². The van der Waals surface area contributed by atoms with Crippen LogP contribution in [0.15, 0.2) is 12.2 Å². The summed E-state index contributed by atoms with van der Waals surface area (Å²) >= 11 is 0. The third-order valence-corrected chi connectivity index (χ3v) is 2.38. The van der Waals surface area contributed by atoms with E-state index < -0.39 is 0 Å². The van der Waals surface area contributed by atoms with Gasteiger partial charge in [0.2, 0.25) is 0 Å². The zero-order valence-corrected chi connectivity index (χ0v) is 6.49. The number of carbonyl (C=O) groups is 1. The minimum atomic E-state index is -0.177. The molecule has 1 amide bonds. The smallest absolute Gasteiger partial charge is 0.410 e. The highest BCUT2D eigenvalue weighted by Crippen LogP contribution is 2.37. The first-order chi connectivity index (χ1) is 5.34. The molecule has 0 radical (unpaired) electrons. The molecule has 1 fully saturated rings. The monoisotopic (exact) mass is 153 g/mol. The predicted octanol–water partition coefficient (Wildman–Crippen LogP) is 1.16. The van der Waals surface area contributed by atoms with Crippen LogP contribution in [0.25, 0.3) is 0 Å². The Hall–Kier alpha value is -0.990. The highest BCUT2D eigenvalue weighted by Gasteiger charge is 2.50. The maximum atomic E-state index is 11.0. The molecule has 0 aromatic carbocycles. The van der Waals surface area contributed by atoms with Crippen molar-refractivity contribution >= 4 is 6.09 Å². The predicted molar refractivity (Wildman–Crippen MR) is 40.2 cm³/mol. The number of carbonyl (C=O) groups excluding carboxylic acids is 1. The van der Waals surface area contributed by atoms with Gasteiger partial charge < -0.3 is 4.74 Å². The fraction of sp³-hybridized carbons (Fsp3) is 0.625. The molecule has 0 bridgehead atoms. The van der Waals surface area contributed by atoms with Crippen molar-refractivity contribution in [1.29, 1.82) is 0 Å². The second-order valence-electron chi connectivity index (χ2n) is 2.95. The van der Waals surface area contributed by atoms with Crippen molar-refractivity contribution in [3.8, 4) is 0 Å². The second kappa shape index (κ2) is 2.26. The Labute approximate surface area is 65.6 Å². The summed E-state index contributed by atoms with van der Waals surface area (Å²) in [5.74, 6) is 0. The van der Waals surface area contributed by atoms with Gasteiger partial charge in [0.25, 0.3) is 0 Å². The van der Waals surface area contributed by atoms with Crippen LogP contribution in [0.2, 0.25) is 0 Å². The number of methoxy groups -OCH3 is 1. The molecule has 1 saturated heterocycles. The standard InChI is InChI=1S/C8H11NO2/c1-11-8(10)9-6-4-2-3-5-7(6)9/h2-3,6-7H,4-5H2,1H3/t6-,7-/m1/s1. The van der Waals surface area contributed by atoms with Crippen LogP contribution in [0.5, 0.6) is 0 Å². The number of hydrogen-bond donors (Lipinski definition) is 0. The minimum absolute atomic E-state index is 0.177. The highest BCUT2D eigenvalue weighted by atomic mass is 16.5. The summed E-state index contributed by atoms with van der Waals surface area (Å²) in [6.07, 6.45) is 6.08. The molecule has 3 heteroatoms. The Kier molecular flexibility index (Phi) is 1.37. The van der Waals surface area contributed by atoms with Crippen LogP contribution in [0, 0.1) is 0 Å². The molecule has 0 aromatic heterocycles. The number of amides is 1. The van der Waals surface area contributed by atoms with Gasteiger partial charge in [-0.3, -0.25) is 4.90 Å². The number of fused-ring (bicyclic) bond motifs is 1. The zero-order chi connectivity index (χ0) is 7.84. The van der Waals surface area contributed by atoms with E-state index in [1.165, 1.54) is 7.11 Å². The van der Waals surface area contributed by atoms with Crippen molar-refractivity contribution < 1.29 is 9.53 Å². The average molecular weight is 153 g/mol. The van der Waals surface area contributed by atoms with E-state index in [1.54, 1.807) is 4.90 Å². The molecule has 0 unspecified atom stereocenters. The van der Waals surface area contributed by atoms with Crippen LogP contribution < -0.4 is 0 Å². The van der Waals surface area contributed by atoms with Gasteiger partial charge in [-0.25, -0.2) is 4.79 Å². The number of hydrogen-bond acceptors (Lipinski definition) is 2. The average Bonchev–Trinajstić information content (AvgIpc) is 2.77. The summed E-state index contributed by atoms with van der Waals surface area (Å²) in [7, 11) is 1.43. The Morgan fingerprint density at radius 1 is 1.45 bits per heavy atom. The van der Waals surface area contributed by atoms with Crippen LogP contribution >= 0.6 is 0 Å². The van der Waals surface area contributed by atoms with Crippen molar-refractivity contribution in [3.63, 3.8) is 0 Å². The van der Waals surface area contributed by atoms with Crippen LogP contribution in [-0.4, -0.2) is 30.2 Å². The van der Waals surface area contributed by atoms with Crippen LogP contribution in [0.3, 0.4) is 0 Å². The van der Waals surface area contributed by atoms with E-state index in [9.17, 15) is 4.79 Å². The summed E-state index contributed by atoms with van der Waals surface area (Å²) < 4.78 is 4.63. The van der Waals surface area contributed by atoms with Gasteiger partial charge in [0.1, 0.15) is 0 Å². The maximum Gasteiger partial charge on any atom is 0.410 e. The molecule has 0 spiro atoms. The Morgan fingerprint density at radius 3 is 2.45 bits per heavy atom. The van der Waals surface area contributed by atoms with Gasteiger partial charge in [0, 0.05) is 0 Å². The fourth-order valence-corrected chi connectivity index (χ4v) is 1.72. The molecule has 2 rings (SSSR count). The minimum Gasteiger partial charge on any atom is -0.453 e. The highest BCUT2D eigenvalue weighted by molar-refractivity contribution is 5.72. The second-order valence-corrected chi connectivity index (χ2v) is 2.95. The van der Waals surface area contributed by atoms with Crippen molar-refractivity contribution in [1.82, 2.24) is 4.90 Å². The lowest BCUT2D eigenvalue weighted by Crippen LogP contribution is -2.13. The maximum absolute atomic E-state index is 11.0. The Balaban J connectivity index is 1.98. The summed E-state index contributed by atoms with van der Waals surface area (Å²) in [5, 5.41) is 0. The molecule has 60 valence electrons. The van der Waals surface area contributed by atoms with Crippen molar-refractivity contribution in [2.75, 3.05) is 7.11 Å². The van der Waals surface area contributed by atoms with E-state index in [0.717, 1.165) is 12.8 Å². The molecule has 2 aliphatic rings. The van der Waals surface area contributed by atoms with Crippen molar-refractivity contribution in [3.05, 3.63) is 12.2 Å². The lowest BCUT2D eigenvalue weighted by atomic mass is 10.1. The van der Waals surface area contributed by atoms with Gasteiger partial charge in [-0.2, -0.15) is 0 Å². The van der Waals surface area contributed by atoms with E-state index in [1.807, 2.05) is 0 Å². The molecule has 3 nitrogen and oxygen atoms in total. The van der Waals surface area contributed by atoms with Gasteiger partial charge in [0.05, 0.1) is 19.2 Å². The van der Waals surface area contributed by atoms with Crippen molar-refractivity contribution in [2.24, 2.45) is 0 Å². The number of ether oxygens (including phenoxy) is 1. The molecule has 1 heterocycles. The van der Waals surface area contributed by atoms with E-state index in [-0.39, 0.29) is 6.09 Å². The molecule has 2 atom stereocenters. The topological polar surface area (TPSA) is 29.3 Å². The summed E-state index contributed by atoms with van der Waals surface area (Å²) in [6, 6.07) is 0.875. The summed E-state index contributed by atoms with van der Waals surface area (Å²) in [5.41, 5.74) is 0. The first kappa shape index (κ1) is 6.70. The third kappa shape index (κ3) is 0.914. The largest absolute Gasteiger partial charge is 0.453 e. The lowest BCUT2D eigenvalue weighted by Gasteiger charge is -1.99. The van der Waals surface area contributed by atoms with E-state index >= 15 is 0 Å². The molecular weight excluding hydrogens is 142 g/mol. The SMILES string of the molecule is COC(=O)N1[C@@H]2CC=CC[C@H]21. The first-order valence-electron chi connectivity index (χ1n) is 3.86. The normalized spacial score (nSPS) is 33.0. The molecule has 0 saturated carbocycles. The molecule has 1 aliphatic carbocycles. The fourth-order valence-electron chi connectivity index (χ4n) is 1.72. The molecular formula is C8H11NO2. The van der Waals surface area contributed by atoms with Gasteiger partial charge in [-0.05, 0) is 12.8 Å². The van der Waals surface area contributed by atoms with Crippen LogP contribution in [-0.2, 0) is 4.74 Å². The molecule has 0 aromatic rings.